The molecule has 1 aromatic heterocycles. The molecule has 2 heterocycles. The predicted octanol–water partition coefficient (Wildman–Crippen LogP) is -0.315. The third-order valence-electron chi connectivity index (χ3n) is 1.78. The van der Waals surface area contributed by atoms with Crippen LogP contribution < -0.4 is 21.5 Å². The van der Waals surface area contributed by atoms with Crippen molar-refractivity contribution in [3.05, 3.63) is 22.8 Å². The summed E-state index contributed by atoms with van der Waals surface area (Å²) in [5.41, 5.74) is 5.55. The zero-order valence-electron chi connectivity index (χ0n) is 7.03. The quantitative estimate of drug-likeness (QED) is 0.508. The number of nitrogens with zero attached hydrogens (tertiary/aromatic N) is 2. The lowest BCUT2D eigenvalue weighted by Crippen LogP contribution is -2.24. The third-order valence-corrected chi connectivity index (χ3v) is 1.78. The van der Waals surface area contributed by atoms with Gasteiger partial charge in [-0.2, -0.15) is 4.98 Å². The second kappa shape index (κ2) is 2.51. The highest BCUT2D eigenvalue weighted by Crippen LogP contribution is 2.21. The van der Waals surface area contributed by atoms with Crippen LogP contribution in [0.3, 0.4) is 0 Å². The average molecular weight is 179 g/mol. The molecule has 0 radical (unpaired) electrons. The Balaban J connectivity index is 2.68. The van der Waals surface area contributed by atoms with Crippen LogP contribution in [0, 0.1) is 0 Å². The third kappa shape index (κ3) is 1.12. The summed E-state index contributed by atoms with van der Waals surface area (Å²) >= 11 is 0. The highest BCUT2D eigenvalue weighted by molar-refractivity contribution is 5.70. The summed E-state index contributed by atoms with van der Waals surface area (Å²) in [7, 11) is 1.79. The van der Waals surface area contributed by atoms with Crippen molar-refractivity contribution in [2.45, 2.75) is 0 Å². The van der Waals surface area contributed by atoms with Crippen LogP contribution in [0.2, 0.25) is 0 Å². The van der Waals surface area contributed by atoms with Gasteiger partial charge in [0.15, 0.2) is 5.82 Å². The van der Waals surface area contributed by atoms with Crippen LogP contribution in [0.1, 0.15) is 0 Å². The minimum Gasteiger partial charge on any atom is -0.369 e. The minimum absolute atomic E-state index is 0.118. The van der Waals surface area contributed by atoms with Crippen LogP contribution >= 0.6 is 0 Å². The summed E-state index contributed by atoms with van der Waals surface area (Å²) in [5.74, 6) is 0.649. The Morgan fingerprint density at radius 1 is 1.62 bits per heavy atom. The highest BCUT2D eigenvalue weighted by atomic mass is 16.1. The normalized spacial score (nSPS) is 13.8. The maximum absolute atomic E-state index is 11.3. The van der Waals surface area contributed by atoms with Gasteiger partial charge in [0.1, 0.15) is 5.69 Å². The summed E-state index contributed by atoms with van der Waals surface area (Å²) in [4.78, 5) is 19.4. The standard InChI is InChI=1S/C7H9N5O/c1-12-3-2-9-4-5(12)10-7(8)11-6(4)13/h2-3,9H,1H3,(H3,8,10,11,13). The van der Waals surface area contributed by atoms with Gasteiger partial charge in [0.05, 0.1) is 0 Å². The lowest BCUT2D eigenvalue weighted by Gasteiger charge is -2.20. The Hall–Kier alpha value is -1.98. The van der Waals surface area contributed by atoms with Crippen LogP contribution in [0.15, 0.2) is 17.2 Å². The van der Waals surface area contributed by atoms with Gasteiger partial charge in [0, 0.05) is 19.4 Å². The molecule has 0 fully saturated rings. The molecule has 1 aliphatic heterocycles. The first-order valence-corrected chi connectivity index (χ1v) is 3.74. The number of nitrogens with two attached hydrogens (primary N) is 1. The number of anilines is 3. The molecule has 6 nitrogen and oxygen atoms in total. The number of nitrogen functional groups attached to an aromatic ring is 1. The van der Waals surface area contributed by atoms with Gasteiger partial charge in [-0.15, -0.1) is 0 Å². The molecule has 0 saturated heterocycles. The van der Waals surface area contributed by atoms with E-state index < -0.39 is 0 Å². The molecular formula is C7H9N5O. The molecule has 0 unspecified atom stereocenters. The molecule has 6 heteroatoms. The number of H-pyrrole nitrogens is 1. The largest absolute Gasteiger partial charge is 0.369 e. The van der Waals surface area contributed by atoms with Crippen molar-refractivity contribution in [1.82, 2.24) is 9.97 Å². The lowest BCUT2D eigenvalue weighted by molar-refractivity contribution is 1.05. The highest BCUT2D eigenvalue weighted by Gasteiger charge is 2.14. The van der Waals surface area contributed by atoms with E-state index in [1.54, 1.807) is 24.3 Å². The van der Waals surface area contributed by atoms with Crippen LogP contribution in [-0.2, 0) is 0 Å². The molecule has 0 bridgehead atoms. The van der Waals surface area contributed by atoms with Crippen molar-refractivity contribution >= 4 is 17.5 Å². The zero-order valence-corrected chi connectivity index (χ0v) is 7.03. The number of hydrogen-bond donors (Lipinski definition) is 3. The zero-order chi connectivity index (χ0) is 9.42. The van der Waals surface area contributed by atoms with Gasteiger partial charge < -0.3 is 16.0 Å². The van der Waals surface area contributed by atoms with E-state index in [4.69, 9.17) is 5.73 Å². The van der Waals surface area contributed by atoms with Crippen molar-refractivity contribution in [3.63, 3.8) is 0 Å². The number of rotatable bonds is 0. The van der Waals surface area contributed by atoms with Crippen LogP contribution in [0.5, 0.6) is 0 Å². The lowest BCUT2D eigenvalue weighted by atomic mass is 10.4. The topological polar surface area (TPSA) is 87.0 Å². The van der Waals surface area contributed by atoms with Gasteiger partial charge in [-0.3, -0.25) is 9.78 Å². The van der Waals surface area contributed by atoms with Gasteiger partial charge in [-0.05, 0) is 0 Å². The van der Waals surface area contributed by atoms with Crippen molar-refractivity contribution in [2.24, 2.45) is 0 Å². The Bertz CT molecular complexity index is 421. The first-order chi connectivity index (χ1) is 6.18. The SMILES string of the molecule is CN1C=CNc2c1nc(N)[nH]c2=O. The van der Waals surface area contributed by atoms with Crippen molar-refractivity contribution in [2.75, 3.05) is 23.0 Å². The van der Waals surface area contributed by atoms with Gasteiger partial charge >= 0.3 is 0 Å². The molecule has 0 spiro atoms. The molecule has 0 saturated carbocycles. The monoisotopic (exact) mass is 179 g/mol. The van der Waals surface area contributed by atoms with Gasteiger partial charge in [-0.1, -0.05) is 0 Å². The smallest absolute Gasteiger partial charge is 0.278 e. The van der Waals surface area contributed by atoms with Crippen LogP contribution in [0.4, 0.5) is 17.5 Å². The molecule has 4 N–H and O–H groups in total. The fourth-order valence-electron chi connectivity index (χ4n) is 1.17. The second-order valence-electron chi connectivity index (χ2n) is 2.72. The summed E-state index contributed by atoms with van der Waals surface area (Å²) in [5, 5.41) is 2.80. The van der Waals surface area contributed by atoms with Crippen molar-refractivity contribution < 1.29 is 0 Å². The first-order valence-electron chi connectivity index (χ1n) is 3.74. The van der Waals surface area contributed by atoms with E-state index in [-0.39, 0.29) is 11.5 Å². The Labute approximate surface area is 74.1 Å². The first kappa shape index (κ1) is 7.66. The molecule has 0 amide bonds. The molecule has 13 heavy (non-hydrogen) atoms. The fourth-order valence-corrected chi connectivity index (χ4v) is 1.17. The summed E-state index contributed by atoms with van der Waals surface area (Å²) in [6.45, 7) is 0. The van der Waals surface area contributed by atoms with Crippen LogP contribution in [-0.4, -0.2) is 17.0 Å². The maximum Gasteiger partial charge on any atom is 0.278 e. The van der Waals surface area contributed by atoms with Gasteiger partial charge in [0.25, 0.3) is 5.56 Å². The van der Waals surface area contributed by atoms with E-state index in [0.717, 1.165) is 0 Å². The molecular weight excluding hydrogens is 170 g/mol. The molecule has 2 rings (SSSR count). The van der Waals surface area contributed by atoms with E-state index >= 15 is 0 Å². The van der Waals surface area contributed by atoms with E-state index in [1.807, 2.05) is 0 Å². The maximum atomic E-state index is 11.3. The number of nitrogens with one attached hydrogen (secondary N) is 2. The minimum atomic E-state index is -0.265. The molecule has 1 aromatic rings. The van der Waals surface area contributed by atoms with Gasteiger partial charge in [-0.25, -0.2) is 0 Å². The summed E-state index contributed by atoms with van der Waals surface area (Å²) in [6, 6.07) is 0. The number of fused-ring (bicyclic) bond motifs is 1. The number of aromatic nitrogens is 2. The van der Waals surface area contributed by atoms with E-state index in [2.05, 4.69) is 15.3 Å². The second-order valence-corrected chi connectivity index (χ2v) is 2.72. The molecule has 68 valence electrons. The fraction of sp³-hybridized carbons (Fsp3) is 0.143. The molecule has 0 aromatic carbocycles. The van der Waals surface area contributed by atoms with E-state index in [9.17, 15) is 4.79 Å². The predicted molar refractivity (Wildman–Crippen MR) is 50.4 cm³/mol. The van der Waals surface area contributed by atoms with Gasteiger partial charge in [0.2, 0.25) is 5.95 Å². The summed E-state index contributed by atoms with van der Waals surface area (Å²) in [6.07, 6.45) is 3.42. The van der Waals surface area contributed by atoms with E-state index in [1.165, 1.54) is 0 Å². The summed E-state index contributed by atoms with van der Waals surface area (Å²) < 4.78 is 0. The Morgan fingerprint density at radius 3 is 3.15 bits per heavy atom. The average Bonchev–Trinajstić information content (AvgIpc) is 2.07. The molecule has 1 aliphatic rings. The van der Waals surface area contributed by atoms with Crippen LogP contribution in [0.25, 0.3) is 0 Å². The van der Waals surface area contributed by atoms with Crippen molar-refractivity contribution in [1.29, 1.82) is 0 Å². The molecule has 0 atom stereocenters. The van der Waals surface area contributed by atoms with E-state index in [0.29, 0.717) is 11.5 Å². The number of aromatic amines is 1. The van der Waals surface area contributed by atoms with Crippen molar-refractivity contribution in [3.8, 4) is 0 Å². The number of hydrogen-bond acceptors (Lipinski definition) is 5. The molecule has 0 aliphatic carbocycles. The Kier molecular flexibility index (Phi) is 1.48. The Morgan fingerprint density at radius 2 is 2.38 bits per heavy atom.